The molecule has 0 aliphatic carbocycles. The third kappa shape index (κ3) is 1.74. The standard InChI is InChI=1S/C13H14N2O/c1-2-5-10(6-3-1)12-9-13(16-15-12)11-7-4-8-14-11/h1-3,5-6,9,11,14H,4,7-8H2/t11-/m0/s1. The van der Waals surface area contributed by atoms with E-state index in [1.54, 1.807) is 0 Å². The molecule has 0 bridgehead atoms. The molecule has 3 nitrogen and oxygen atoms in total. The minimum atomic E-state index is 0.352. The van der Waals surface area contributed by atoms with Crippen molar-refractivity contribution in [3.63, 3.8) is 0 Å². The van der Waals surface area contributed by atoms with Gasteiger partial charge in [-0.2, -0.15) is 0 Å². The summed E-state index contributed by atoms with van der Waals surface area (Å²) in [5, 5.41) is 7.52. The van der Waals surface area contributed by atoms with Crippen LogP contribution in [0.3, 0.4) is 0 Å². The van der Waals surface area contributed by atoms with Crippen LogP contribution < -0.4 is 5.32 Å². The first kappa shape index (κ1) is 9.60. The quantitative estimate of drug-likeness (QED) is 0.835. The van der Waals surface area contributed by atoms with Gasteiger partial charge in [0.15, 0.2) is 5.76 Å². The fourth-order valence-corrected chi connectivity index (χ4v) is 2.13. The predicted molar refractivity (Wildman–Crippen MR) is 61.9 cm³/mol. The van der Waals surface area contributed by atoms with E-state index >= 15 is 0 Å². The maximum absolute atomic E-state index is 5.39. The van der Waals surface area contributed by atoms with Crippen LogP contribution in [0.1, 0.15) is 24.6 Å². The van der Waals surface area contributed by atoms with Gasteiger partial charge in [-0.15, -0.1) is 0 Å². The van der Waals surface area contributed by atoms with E-state index in [0.717, 1.165) is 30.0 Å². The topological polar surface area (TPSA) is 38.1 Å². The highest BCUT2D eigenvalue weighted by Crippen LogP contribution is 2.26. The van der Waals surface area contributed by atoms with Gasteiger partial charge in [-0.05, 0) is 19.4 Å². The molecule has 1 N–H and O–H groups in total. The maximum Gasteiger partial charge on any atom is 0.154 e. The number of hydrogen-bond acceptors (Lipinski definition) is 3. The van der Waals surface area contributed by atoms with E-state index in [-0.39, 0.29) is 0 Å². The Hall–Kier alpha value is -1.61. The van der Waals surface area contributed by atoms with Crippen LogP contribution >= 0.6 is 0 Å². The molecule has 3 heteroatoms. The van der Waals surface area contributed by atoms with E-state index in [9.17, 15) is 0 Å². The second-order valence-corrected chi connectivity index (χ2v) is 4.13. The van der Waals surface area contributed by atoms with E-state index < -0.39 is 0 Å². The summed E-state index contributed by atoms with van der Waals surface area (Å²) in [6, 6.07) is 12.5. The van der Waals surface area contributed by atoms with Crippen molar-refractivity contribution in [3.05, 3.63) is 42.2 Å². The van der Waals surface area contributed by atoms with Crippen molar-refractivity contribution in [2.24, 2.45) is 0 Å². The van der Waals surface area contributed by atoms with Gasteiger partial charge in [0.2, 0.25) is 0 Å². The largest absolute Gasteiger partial charge is 0.359 e. The average molecular weight is 214 g/mol. The van der Waals surface area contributed by atoms with Crippen LogP contribution in [-0.2, 0) is 0 Å². The summed E-state index contributed by atoms with van der Waals surface area (Å²) in [6.45, 7) is 1.08. The molecule has 1 saturated heterocycles. The zero-order chi connectivity index (χ0) is 10.8. The summed E-state index contributed by atoms with van der Waals surface area (Å²) in [4.78, 5) is 0. The molecule has 2 heterocycles. The van der Waals surface area contributed by atoms with Crippen molar-refractivity contribution in [1.29, 1.82) is 0 Å². The zero-order valence-corrected chi connectivity index (χ0v) is 9.02. The van der Waals surface area contributed by atoms with Gasteiger partial charge in [-0.3, -0.25) is 0 Å². The van der Waals surface area contributed by atoms with Crippen molar-refractivity contribution in [1.82, 2.24) is 10.5 Å². The summed E-state index contributed by atoms with van der Waals surface area (Å²) in [6.07, 6.45) is 2.36. The lowest BCUT2D eigenvalue weighted by molar-refractivity contribution is 0.353. The van der Waals surface area contributed by atoms with E-state index in [2.05, 4.69) is 10.5 Å². The third-order valence-corrected chi connectivity index (χ3v) is 3.00. The molecule has 1 aromatic heterocycles. The van der Waals surface area contributed by atoms with Crippen molar-refractivity contribution < 1.29 is 4.52 Å². The van der Waals surface area contributed by atoms with E-state index in [0.29, 0.717) is 6.04 Å². The minimum absolute atomic E-state index is 0.352. The fraction of sp³-hybridized carbons (Fsp3) is 0.308. The van der Waals surface area contributed by atoms with E-state index in [1.807, 2.05) is 36.4 Å². The van der Waals surface area contributed by atoms with Gasteiger partial charge in [0.25, 0.3) is 0 Å². The molecule has 1 atom stereocenters. The maximum atomic E-state index is 5.39. The Morgan fingerprint density at radius 2 is 2.12 bits per heavy atom. The molecular weight excluding hydrogens is 200 g/mol. The Balaban J connectivity index is 1.87. The van der Waals surface area contributed by atoms with Gasteiger partial charge in [0, 0.05) is 11.6 Å². The van der Waals surface area contributed by atoms with Gasteiger partial charge >= 0.3 is 0 Å². The number of rotatable bonds is 2. The summed E-state index contributed by atoms with van der Waals surface area (Å²) >= 11 is 0. The lowest BCUT2D eigenvalue weighted by Gasteiger charge is -2.02. The number of benzene rings is 1. The molecule has 0 amide bonds. The molecule has 1 aromatic carbocycles. The minimum Gasteiger partial charge on any atom is -0.359 e. The molecule has 0 spiro atoms. The Bertz CT molecular complexity index is 458. The van der Waals surface area contributed by atoms with Crippen LogP contribution in [0.25, 0.3) is 11.3 Å². The highest BCUT2D eigenvalue weighted by molar-refractivity contribution is 5.58. The van der Waals surface area contributed by atoms with Crippen LogP contribution in [0.5, 0.6) is 0 Å². The molecular formula is C13H14N2O. The van der Waals surface area contributed by atoms with Gasteiger partial charge in [0.05, 0.1) is 6.04 Å². The van der Waals surface area contributed by atoms with Crippen LogP contribution in [0.15, 0.2) is 40.9 Å². The SMILES string of the molecule is c1ccc(-c2cc([C@@H]3CCCN3)on2)cc1. The Morgan fingerprint density at radius 1 is 1.25 bits per heavy atom. The molecule has 2 aromatic rings. The molecule has 16 heavy (non-hydrogen) atoms. The second kappa shape index (κ2) is 4.10. The average Bonchev–Trinajstić information content (AvgIpc) is 3.01. The van der Waals surface area contributed by atoms with Crippen LogP contribution in [-0.4, -0.2) is 11.7 Å². The smallest absolute Gasteiger partial charge is 0.154 e. The van der Waals surface area contributed by atoms with Gasteiger partial charge < -0.3 is 9.84 Å². The monoisotopic (exact) mass is 214 g/mol. The lowest BCUT2D eigenvalue weighted by Crippen LogP contribution is -2.11. The van der Waals surface area contributed by atoms with Crippen LogP contribution in [0.2, 0.25) is 0 Å². The van der Waals surface area contributed by atoms with Gasteiger partial charge in [-0.1, -0.05) is 35.5 Å². The molecule has 0 radical (unpaired) electrons. The highest BCUT2D eigenvalue weighted by Gasteiger charge is 2.20. The number of nitrogens with one attached hydrogen (secondary N) is 1. The highest BCUT2D eigenvalue weighted by atomic mass is 16.5. The van der Waals surface area contributed by atoms with Crippen molar-refractivity contribution in [3.8, 4) is 11.3 Å². The zero-order valence-electron chi connectivity index (χ0n) is 9.02. The Morgan fingerprint density at radius 3 is 2.88 bits per heavy atom. The predicted octanol–water partition coefficient (Wildman–Crippen LogP) is 2.77. The van der Waals surface area contributed by atoms with Gasteiger partial charge in [-0.25, -0.2) is 0 Å². The molecule has 1 fully saturated rings. The summed E-state index contributed by atoms with van der Waals surface area (Å²) in [5.41, 5.74) is 2.03. The first-order valence-corrected chi connectivity index (χ1v) is 5.69. The van der Waals surface area contributed by atoms with E-state index in [4.69, 9.17) is 4.52 Å². The first-order chi connectivity index (χ1) is 7.93. The van der Waals surface area contributed by atoms with Crippen LogP contribution in [0.4, 0.5) is 0 Å². The number of nitrogens with zero attached hydrogens (tertiary/aromatic N) is 1. The molecule has 0 unspecified atom stereocenters. The molecule has 1 aliphatic rings. The van der Waals surface area contributed by atoms with Crippen LogP contribution in [0, 0.1) is 0 Å². The first-order valence-electron chi connectivity index (χ1n) is 5.69. The second-order valence-electron chi connectivity index (χ2n) is 4.13. The van der Waals surface area contributed by atoms with E-state index in [1.165, 1.54) is 6.42 Å². The Labute approximate surface area is 94.5 Å². The van der Waals surface area contributed by atoms with Crippen molar-refractivity contribution in [2.75, 3.05) is 6.54 Å². The third-order valence-electron chi connectivity index (χ3n) is 3.00. The summed E-state index contributed by atoms with van der Waals surface area (Å²) in [5.74, 6) is 0.955. The fourth-order valence-electron chi connectivity index (χ4n) is 2.13. The van der Waals surface area contributed by atoms with Crippen molar-refractivity contribution >= 4 is 0 Å². The summed E-state index contributed by atoms with van der Waals surface area (Å²) < 4.78 is 5.39. The lowest BCUT2D eigenvalue weighted by atomic mass is 10.1. The molecule has 82 valence electrons. The number of aromatic nitrogens is 1. The van der Waals surface area contributed by atoms with Crippen molar-refractivity contribution in [2.45, 2.75) is 18.9 Å². The summed E-state index contributed by atoms with van der Waals surface area (Å²) in [7, 11) is 0. The number of hydrogen-bond donors (Lipinski definition) is 1. The molecule has 1 aliphatic heterocycles. The molecule has 0 saturated carbocycles. The normalized spacial score (nSPS) is 20.1. The van der Waals surface area contributed by atoms with Gasteiger partial charge in [0.1, 0.15) is 5.69 Å². The molecule has 3 rings (SSSR count). The Kier molecular flexibility index (Phi) is 2.46.